The number of urea groups is 1. The molecule has 1 atom stereocenters. The molecule has 0 saturated heterocycles. The van der Waals surface area contributed by atoms with E-state index in [0.29, 0.717) is 25.1 Å². The van der Waals surface area contributed by atoms with Crippen molar-refractivity contribution in [2.45, 2.75) is 32.2 Å². The van der Waals surface area contributed by atoms with Gasteiger partial charge in [0, 0.05) is 25.1 Å². The van der Waals surface area contributed by atoms with Gasteiger partial charge in [-0.3, -0.25) is 4.79 Å². The highest BCUT2D eigenvalue weighted by atomic mass is 19.1. The van der Waals surface area contributed by atoms with Gasteiger partial charge >= 0.3 is 12.0 Å². The number of ether oxygens (including phenoxy) is 1. The molecule has 0 aliphatic rings. The summed E-state index contributed by atoms with van der Waals surface area (Å²) in [4.78, 5) is 21.9. The van der Waals surface area contributed by atoms with Crippen molar-refractivity contribution >= 4 is 12.0 Å². The fraction of sp³-hybridized carbons (Fsp3) is 0.467. The van der Waals surface area contributed by atoms with Crippen molar-refractivity contribution in [2.24, 2.45) is 0 Å². The molecule has 0 aromatic heterocycles. The summed E-state index contributed by atoms with van der Waals surface area (Å²) in [5.74, 6) is -0.851. The van der Waals surface area contributed by atoms with Crippen molar-refractivity contribution in [3.05, 3.63) is 29.6 Å². The van der Waals surface area contributed by atoms with E-state index in [1.54, 1.807) is 13.0 Å². The number of carbonyl (C=O) groups excluding carboxylic acids is 1. The van der Waals surface area contributed by atoms with Crippen LogP contribution in [0.1, 0.15) is 25.3 Å². The van der Waals surface area contributed by atoms with E-state index in [-0.39, 0.29) is 24.3 Å². The van der Waals surface area contributed by atoms with Gasteiger partial charge in [-0.05, 0) is 37.5 Å². The lowest BCUT2D eigenvalue weighted by Gasteiger charge is -2.15. The molecule has 7 heteroatoms. The first-order chi connectivity index (χ1) is 10.4. The van der Waals surface area contributed by atoms with Gasteiger partial charge in [0.25, 0.3) is 0 Å². The summed E-state index contributed by atoms with van der Waals surface area (Å²) in [6.07, 6.45) is 0.841. The quantitative estimate of drug-likeness (QED) is 0.640. The first kappa shape index (κ1) is 17.7. The maximum Gasteiger partial charge on any atom is 0.315 e. The number of nitrogens with one attached hydrogen (secondary N) is 2. The normalized spacial score (nSPS) is 11.6. The van der Waals surface area contributed by atoms with Crippen LogP contribution in [-0.2, 0) is 11.2 Å². The molecule has 0 heterocycles. The minimum absolute atomic E-state index is 0.0128. The minimum atomic E-state index is -0.893. The van der Waals surface area contributed by atoms with E-state index in [4.69, 9.17) is 9.84 Å². The molecule has 2 amide bonds. The van der Waals surface area contributed by atoms with Crippen LogP contribution in [0.2, 0.25) is 0 Å². The van der Waals surface area contributed by atoms with Gasteiger partial charge in [-0.25, -0.2) is 9.18 Å². The van der Waals surface area contributed by atoms with Crippen LogP contribution in [0.4, 0.5) is 9.18 Å². The Morgan fingerprint density at radius 3 is 2.73 bits per heavy atom. The Morgan fingerprint density at radius 2 is 2.09 bits per heavy atom. The zero-order chi connectivity index (χ0) is 16.5. The number of methoxy groups -OCH3 is 1. The van der Waals surface area contributed by atoms with Crippen LogP contribution >= 0.6 is 0 Å². The third kappa shape index (κ3) is 6.92. The van der Waals surface area contributed by atoms with Crippen molar-refractivity contribution < 1.29 is 23.8 Å². The van der Waals surface area contributed by atoms with Crippen LogP contribution in [0.3, 0.4) is 0 Å². The van der Waals surface area contributed by atoms with Crippen LogP contribution < -0.4 is 15.4 Å². The van der Waals surface area contributed by atoms with E-state index >= 15 is 0 Å². The molecule has 0 saturated carbocycles. The predicted octanol–water partition coefficient (Wildman–Crippen LogP) is 1.93. The third-order valence-electron chi connectivity index (χ3n) is 2.94. The highest BCUT2D eigenvalue weighted by Crippen LogP contribution is 2.17. The van der Waals surface area contributed by atoms with Crippen LogP contribution in [0.5, 0.6) is 5.75 Å². The molecule has 1 rings (SSSR count). The van der Waals surface area contributed by atoms with E-state index in [1.165, 1.54) is 19.2 Å². The Balaban J connectivity index is 2.39. The van der Waals surface area contributed by atoms with Gasteiger partial charge < -0.3 is 20.5 Å². The summed E-state index contributed by atoms with van der Waals surface area (Å²) < 4.78 is 18.4. The second-order valence-electron chi connectivity index (χ2n) is 5.00. The lowest BCUT2D eigenvalue weighted by atomic mass is 10.1. The van der Waals surface area contributed by atoms with E-state index in [1.807, 2.05) is 0 Å². The monoisotopic (exact) mass is 312 g/mol. The fourth-order valence-corrected chi connectivity index (χ4v) is 1.98. The molecule has 1 aromatic rings. The van der Waals surface area contributed by atoms with Gasteiger partial charge in [-0.2, -0.15) is 0 Å². The van der Waals surface area contributed by atoms with E-state index in [9.17, 15) is 14.0 Å². The number of hydrogen-bond donors (Lipinski definition) is 3. The van der Waals surface area contributed by atoms with Gasteiger partial charge in [-0.1, -0.05) is 0 Å². The summed E-state index contributed by atoms with van der Waals surface area (Å²) in [5, 5.41) is 13.8. The Hall–Kier alpha value is -2.31. The Bertz CT molecular complexity index is 522. The van der Waals surface area contributed by atoms with Crippen molar-refractivity contribution in [1.82, 2.24) is 10.6 Å². The predicted molar refractivity (Wildman–Crippen MR) is 79.5 cm³/mol. The van der Waals surface area contributed by atoms with Crippen LogP contribution in [0.25, 0.3) is 0 Å². The lowest BCUT2D eigenvalue weighted by molar-refractivity contribution is -0.137. The summed E-state index contributed by atoms with van der Waals surface area (Å²) in [5.41, 5.74) is 0.718. The van der Waals surface area contributed by atoms with Gasteiger partial charge in [-0.15, -0.1) is 0 Å². The smallest absolute Gasteiger partial charge is 0.315 e. The number of hydrogen-bond acceptors (Lipinski definition) is 3. The largest absolute Gasteiger partial charge is 0.497 e. The Kier molecular flexibility index (Phi) is 7.15. The van der Waals surface area contributed by atoms with E-state index < -0.39 is 5.97 Å². The number of carbonyl (C=O) groups is 2. The average molecular weight is 312 g/mol. The van der Waals surface area contributed by atoms with Crippen molar-refractivity contribution in [3.63, 3.8) is 0 Å². The SMILES string of the molecule is COc1cc(F)cc(CC(C)NC(=O)NCCCC(=O)O)c1. The maximum absolute atomic E-state index is 13.4. The van der Waals surface area contributed by atoms with Gasteiger partial charge in [0.15, 0.2) is 0 Å². The maximum atomic E-state index is 13.4. The molecule has 0 fully saturated rings. The van der Waals surface area contributed by atoms with Crippen molar-refractivity contribution in [2.75, 3.05) is 13.7 Å². The van der Waals surface area contributed by atoms with Gasteiger partial charge in [0.05, 0.1) is 7.11 Å². The number of aliphatic carboxylic acids is 1. The molecule has 6 nitrogen and oxygen atoms in total. The third-order valence-corrected chi connectivity index (χ3v) is 2.94. The zero-order valence-electron chi connectivity index (χ0n) is 12.7. The lowest BCUT2D eigenvalue weighted by Crippen LogP contribution is -2.42. The number of carboxylic acid groups (broad SMARTS) is 1. The second-order valence-corrected chi connectivity index (χ2v) is 5.00. The highest BCUT2D eigenvalue weighted by molar-refractivity contribution is 5.74. The van der Waals surface area contributed by atoms with Crippen molar-refractivity contribution in [3.8, 4) is 5.75 Å². The standard InChI is InChI=1S/C15H21FN2O4/c1-10(18-15(21)17-5-3-4-14(19)20)6-11-7-12(16)9-13(8-11)22-2/h7-10H,3-6H2,1-2H3,(H,19,20)(H2,17,18,21). The molecular formula is C15H21FN2O4. The first-order valence-electron chi connectivity index (χ1n) is 7.00. The molecule has 0 aliphatic carbocycles. The molecular weight excluding hydrogens is 291 g/mol. The summed E-state index contributed by atoms with van der Waals surface area (Å²) >= 11 is 0. The molecule has 0 radical (unpaired) electrons. The first-order valence-corrected chi connectivity index (χ1v) is 7.00. The number of halogens is 1. The molecule has 122 valence electrons. The number of benzene rings is 1. The molecule has 3 N–H and O–H groups in total. The number of carboxylic acids is 1. The molecule has 0 bridgehead atoms. The second kappa shape index (κ2) is 8.86. The highest BCUT2D eigenvalue weighted by Gasteiger charge is 2.10. The zero-order valence-corrected chi connectivity index (χ0v) is 12.7. The average Bonchev–Trinajstić information content (AvgIpc) is 2.42. The topological polar surface area (TPSA) is 87.7 Å². The summed E-state index contributed by atoms with van der Waals surface area (Å²) in [6, 6.07) is 3.82. The molecule has 1 aromatic carbocycles. The fourth-order valence-electron chi connectivity index (χ4n) is 1.98. The molecule has 0 aliphatic heterocycles. The summed E-state index contributed by atoms with van der Waals surface area (Å²) in [6.45, 7) is 2.09. The molecule has 0 spiro atoms. The van der Waals surface area contributed by atoms with Crippen molar-refractivity contribution in [1.29, 1.82) is 0 Å². The minimum Gasteiger partial charge on any atom is -0.497 e. The van der Waals surface area contributed by atoms with Crippen LogP contribution in [0, 0.1) is 5.82 Å². The Morgan fingerprint density at radius 1 is 1.36 bits per heavy atom. The van der Waals surface area contributed by atoms with E-state index in [2.05, 4.69) is 10.6 Å². The molecule has 1 unspecified atom stereocenters. The van der Waals surface area contributed by atoms with E-state index in [0.717, 1.165) is 5.56 Å². The van der Waals surface area contributed by atoms with Crippen LogP contribution in [0.15, 0.2) is 18.2 Å². The Labute approximate surface area is 128 Å². The molecule has 22 heavy (non-hydrogen) atoms. The number of amides is 2. The van der Waals surface area contributed by atoms with Gasteiger partial charge in [0.1, 0.15) is 11.6 Å². The number of rotatable bonds is 8. The summed E-state index contributed by atoms with van der Waals surface area (Å²) in [7, 11) is 1.46. The van der Waals surface area contributed by atoms with Crippen LogP contribution in [-0.4, -0.2) is 36.8 Å². The van der Waals surface area contributed by atoms with Gasteiger partial charge in [0.2, 0.25) is 0 Å².